The number of pyridine rings is 1. The maximum Gasteiger partial charge on any atom is 0.304 e. The van der Waals surface area contributed by atoms with Crippen LogP contribution in [0.4, 0.5) is 5.69 Å². The van der Waals surface area contributed by atoms with Gasteiger partial charge >= 0.3 is 5.97 Å². The van der Waals surface area contributed by atoms with E-state index in [1.54, 1.807) is 6.92 Å². The zero-order valence-corrected chi connectivity index (χ0v) is 10.5. The van der Waals surface area contributed by atoms with Gasteiger partial charge in [-0.05, 0) is 19.1 Å². The second-order valence-electron chi connectivity index (χ2n) is 3.33. The Bertz CT molecular complexity index is 530. The number of aliphatic carboxylic acids is 1. The van der Waals surface area contributed by atoms with E-state index >= 15 is 0 Å². The quantitative estimate of drug-likeness (QED) is 0.791. The maximum absolute atomic E-state index is 11.5. The number of carboxylic acids is 1. The van der Waals surface area contributed by atoms with Gasteiger partial charge in [-0.3, -0.25) is 9.52 Å². The van der Waals surface area contributed by atoms with Crippen molar-refractivity contribution in [3.63, 3.8) is 0 Å². The van der Waals surface area contributed by atoms with Crippen molar-refractivity contribution >= 4 is 33.3 Å². The van der Waals surface area contributed by atoms with Crippen LogP contribution in [0.2, 0.25) is 5.15 Å². The molecule has 0 fully saturated rings. The molecule has 1 aromatic rings. The molecule has 0 aromatic carbocycles. The number of aromatic nitrogens is 1. The summed E-state index contributed by atoms with van der Waals surface area (Å²) >= 11 is 5.62. The van der Waals surface area contributed by atoms with E-state index in [1.807, 2.05) is 0 Å². The smallest absolute Gasteiger partial charge is 0.304 e. The van der Waals surface area contributed by atoms with Crippen LogP contribution in [0.15, 0.2) is 12.1 Å². The van der Waals surface area contributed by atoms with E-state index in [4.69, 9.17) is 16.7 Å². The van der Waals surface area contributed by atoms with Crippen molar-refractivity contribution in [3.8, 4) is 0 Å². The van der Waals surface area contributed by atoms with Gasteiger partial charge in [0.2, 0.25) is 10.0 Å². The van der Waals surface area contributed by atoms with Crippen LogP contribution in [-0.4, -0.2) is 30.2 Å². The molecule has 6 nitrogen and oxygen atoms in total. The number of carboxylic acid groups (broad SMARTS) is 1. The van der Waals surface area contributed by atoms with Crippen molar-refractivity contribution < 1.29 is 18.3 Å². The highest BCUT2D eigenvalue weighted by atomic mass is 35.5. The summed E-state index contributed by atoms with van der Waals surface area (Å²) in [4.78, 5) is 14.2. The van der Waals surface area contributed by atoms with Crippen LogP contribution in [0.3, 0.4) is 0 Å². The minimum atomic E-state index is -3.68. The molecule has 0 bridgehead atoms. The summed E-state index contributed by atoms with van der Waals surface area (Å²) < 4.78 is 25.3. The summed E-state index contributed by atoms with van der Waals surface area (Å²) in [6, 6.07) is 2.92. The highest BCUT2D eigenvalue weighted by molar-refractivity contribution is 7.92. The Balaban J connectivity index is 2.79. The lowest BCUT2D eigenvalue weighted by Gasteiger charge is -2.09. The first-order valence-electron chi connectivity index (χ1n) is 4.65. The minimum absolute atomic E-state index is 0.260. The molecule has 8 heteroatoms. The fourth-order valence-electron chi connectivity index (χ4n) is 1.08. The van der Waals surface area contributed by atoms with Crippen LogP contribution < -0.4 is 4.72 Å². The number of rotatable bonds is 5. The molecule has 0 radical (unpaired) electrons. The topological polar surface area (TPSA) is 96.4 Å². The standard InChI is InChI=1S/C9H11ClN2O4S/c1-6-7(2-3-8(10)11-6)12-17(15,16)5-4-9(13)14/h2-3,12H,4-5H2,1H3,(H,13,14). The second kappa shape index (κ2) is 5.33. The van der Waals surface area contributed by atoms with Crippen molar-refractivity contribution in [1.82, 2.24) is 4.98 Å². The number of aryl methyl sites for hydroxylation is 1. The van der Waals surface area contributed by atoms with Crippen molar-refractivity contribution in [1.29, 1.82) is 0 Å². The number of hydrogen-bond donors (Lipinski definition) is 2. The number of nitrogens with zero attached hydrogens (tertiary/aromatic N) is 1. The molecule has 0 saturated heterocycles. The van der Waals surface area contributed by atoms with Gasteiger partial charge in [0.15, 0.2) is 0 Å². The number of hydrogen-bond acceptors (Lipinski definition) is 4. The van der Waals surface area contributed by atoms with Crippen molar-refractivity contribution in [2.45, 2.75) is 13.3 Å². The maximum atomic E-state index is 11.5. The van der Waals surface area contributed by atoms with Gasteiger partial charge in [0.1, 0.15) is 5.15 Å². The molecule has 94 valence electrons. The van der Waals surface area contributed by atoms with Gasteiger partial charge in [-0.25, -0.2) is 13.4 Å². The normalized spacial score (nSPS) is 11.2. The largest absolute Gasteiger partial charge is 0.481 e. The van der Waals surface area contributed by atoms with Crippen LogP contribution in [0.5, 0.6) is 0 Å². The lowest BCUT2D eigenvalue weighted by molar-refractivity contribution is -0.136. The predicted molar refractivity (Wildman–Crippen MR) is 63.6 cm³/mol. The second-order valence-corrected chi connectivity index (χ2v) is 5.56. The van der Waals surface area contributed by atoms with Crippen LogP contribution in [0.25, 0.3) is 0 Å². The van der Waals surface area contributed by atoms with E-state index in [-0.39, 0.29) is 5.15 Å². The SMILES string of the molecule is Cc1nc(Cl)ccc1NS(=O)(=O)CCC(=O)O. The van der Waals surface area contributed by atoms with Gasteiger partial charge < -0.3 is 5.11 Å². The average Bonchev–Trinajstić information content (AvgIpc) is 2.20. The van der Waals surface area contributed by atoms with Gasteiger partial charge in [0.25, 0.3) is 0 Å². The first kappa shape index (κ1) is 13.7. The molecular weight excluding hydrogens is 268 g/mol. The van der Waals surface area contributed by atoms with Gasteiger partial charge in [0.05, 0.1) is 23.6 Å². The molecule has 1 aromatic heterocycles. The van der Waals surface area contributed by atoms with Gasteiger partial charge in [-0.2, -0.15) is 0 Å². The number of halogens is 1. The lowest BCUT2D eigenvalue weighted by Crippen LogP contribution is -2.19. The highest BCUT2D eigenvalue weighted by Crippen LogP contribution is 2.17. The van der Waals surface area contributed by atoms with Crippen LogP contribution >= 0.6 is 11.6 Å². The Morgan fingerprint density at radius 1 is 1.53 bits per heavy atom. The van der Waals surface area contributed by atoms with E-state index in [9.17, 15) is 13.2 Å². The number of anilines is 1. The molecule has 0 aliphatic carbocycles. The Hall–Kier alpha value is -1.34. The molecule has 0 unspecified atom stereocenters. The number of sulfonamides is 1. The van der Waals surface area contributed by atoms with Crippen LogP contribution in [0.1, 0.15) is 12.1 Å². The molecular formula is C9H11ClN2O4S. The van der Waals surface area contributed by atoms with Crippen LogP contribution in [-0.2, 0) is 14.8 Å². The molecule has 2 N–H and O–H groups in total. The van der Waals surface area contributed by atoms with E-state index in [0.29, 0.717) is 11.4 Å². The first-order chi connectivity index (χ1) is 7.80. The molecule has 0 amide bonds. The Morgan fingerprint density at radius 2 is 2.18 bits per heavy atom. The number of nitrogens with one attached hydrogen (secondary N) is 1. The summed E-state index contributed by atoms with van der Waals surface area (Å²) in [7, 11) is -3.68. The van der Waals surface area contributed by atoms with Crippen molar-refractivity contribution in [2.24, 2.45) is 0 Å². The summed E-state index contributed by atoms with van der Waals surface area (Å²) in [5, 5.41) is 8.67. The Morgan fingerprint density at radius 3 is 2.71 bits per heavy atom. The van der Waals surface area contributed by atoms with E-state index in [0.717, 1.165) is 0 Å². The van der Waals surface area contributed by atoms with Gasteiger partial charge in [-0.15, -0.1) is 0 Å². The highest BCUT2D eigenvalue weighted by Gasteiger charge is 2.14. The Kier molecular flexibility index (Phi) is 4.30. The van der Waals surface area contributed by atoms with E-state index in [1.165, 1.54) is 12.1 Å². The summed E-state index contributed by atoms with van der Waals surface area (Å²) in [5.41, 5.74) is 0.719. The summed E-state index contributed by atoms with van der Waals surface area (Å²) in [5.74, 6) is -1.65. The molecule has 0 aliphatic rings. The van der Waals surface area contributed by atoms with E-state index in [2.05, 4.69) is 9.71 Å². The summed E-state index contributed by atoms with van der Waals surface area (Å²) in [6.07, 6.45) is -0.449. The predicted octanol–water partition coefficient (Wildman–Crippen LogP) is 1.26. The van der Waals surface area contributed by atoms with Crippen LogP contribution in [0, 0.1) is 6.92 Å². The molecule has 1 heterocycles. The number of carbonyl (C=O) groups is 1. The molecule has 0 atom stereocenters. The van der Waals surface area contributed by atoms with Crippen molar-refractivity contribution in [3.05, 3.63) is 23.0 Å². The average molecular weight is 279 g/mol. The molecule has 17 heavy (non-hydrogen) atoms. The summed E-state index contributed by atoms with van der Waals surface area (Å²) in [6.45, 7) is 1.60. The molecule has 0 aliphatic heterocycles. The first-order valence-corrected chi connectivity index (χ1v) is 6.68. The monoisotopic (exact) mass is 278 g/mol. The van der Waals surface area contributed by atoms with Gasteiger partial charge in [0, 0.05) is 0 Å². The zero-order valence-electron chi connectivity index (χ0n) is 8.97. The van der Waals surface area contributed by atoms with E-state index < -0.39 is 28.2 Å². The third kappa shape index (κ3) is 4.58. The lowest BCUT2D eigenvalue weighted by atomic mass is 10.3. The third-order valence-electron chi connectivity index (χ3n) is 1.90. The molecule has 0 spiro atoms. The van der Waals surface area contributed by atoms with Crippen molar-refractivity contribution in [2.75, 3.05) is 10.5 Å². The third-order valence-corrected chi connectivity index (χ3v) is 3.38. The van der Waals surface area contributed by atoms with Gasteiger partial charge in [-0.1, -0.05) is 11.6 Å². The molecule has 0 saturated carbocycles. The fourth-order valence-corrected chi connectivity index (χ4v) is 2.36. The zero-order chi connectivity index (χ0) is 13.1. The Labute approximate surface area is 104 Å². The minimum Gasteiger partial charge on any atom is -0.481 e. The molecule has 1 rings (SSSR count). The fraction of sp³-hybridized carbons (Fsp3) is 0.333.